The smallest absolute Gasteiger partial charge is 0.0560 e. The fourth-order valence-corrected chi connectivity index (χ4v) is 3.06. The first-order valence-electron chi connectivity index (χ1n) is 6.14. The van der Waals surface area contributed by atoms with Gasteiger partial charge in [0.1, 0.15) is 0 Å². The molecule has 1 aromatic rings. The zero-order valence-corrected chi connectivity index (χ0v) is 9.98. The van der Waals surface area contributed by atoms with E-state index in [9.17, 15) is 0 Å². The molecule has 3 nitrogen and oxygen atoms in total. The SMILES string of the molecule is CNCC1CC2CC2N1c1cncc(C)c1. The maximum absolute atomic E-state index is 4.31. The van der Waals surface area contributed by atoms with Crippen LogP contribution in [0.2, 0.25) is 0 Å². The number of hydrogen-bond acceptors (Lipinski definition) is 3. The number of rotatable bonds is 3. The van der Waals surface area contributed by atoms with E-state index < -0.39 is 0 Å². The van der Waals surface area contributed by atoms with Crippen LogP contribution in [0.25, 0.3) is 0 Å². The van der Waals surface area contributed by atoms with Gasteiger partial charge in [0.15, 0.2) is 0 Å². The Hall–Kier alpha value is -1.09. The molecule has 0 bridgehead atoms. The van der Waals surface area contributed by atoms with Gasteiger partial charge in [0.25, 0.3) is 0 Å². The number of nitrogens with zero attached hydrogens (tertiary/aromatic N) is 2. The van der Waals surface area contributed by atoms with Gasteiger partial charge in [0.05, 0.1) is 11.9 Å². The minimum Gasteiger partial charge on any atom is -0.363 e. The lowest BCUT2D eigenvalue weighted by Gasteiger charge is -2.29. The fraction of sp³-hybridized carbons (Fsp3) is 0.615. The summed E-state index contributed by atoms with van der Waals surface area (Å²) in [6.07, 6.45) is 6.67. The van der Waals surface area contributed by atoms with E-state index >= 15 is 0 Å². The van der Waals surface area contributed by atoms with Crippen LogP contribution in [0.4, 0.5) is 5.69 Å². The first kappa shape index (κ1) is 10.1. The lowest BCUT2D eigenvalue weighted by Crippen LogP contribution is -2.39. The van der Waals surface area contributed by atoms with Crippen molar-refractivity contribution in [1.29, 1.82) is 0 Å². The van der Waals surface area contributed by atoms with Gasteiger partial charge in [-0.1, -0.05) is 0 Å². The highest BCUT2D eigenvalue weighted by atomic mass is 15.3. The Labute approximate surface area is 96.9 Å². The summed E-state index contributed by atoms with van der Waals surface area (Å²) in [5.74, 6) is 0.943. The lowest BCUT2D eigenvalue weighted by molar-refractivity contribution is 0.564. The molecule has 1 aliphatic heterocycles. The Bertz CT molecular complexity index is 391. The fourth-order valence-electron chi connectivity index (χ4n) is 3.06. The van der Waals surface area contributed by atoms with Crippen LogP contribution in [0.3, 0.4) is 0 Å². The second-order valence-corrected chi connectivity index (χ2v) is 5.14. The standard InChI is InChI=1S/C13H19N3/c1-9-3-11(8-15-6-9)16-12(7-14-2)4-10-5-13(10)16/h3,6,8,10,12-14H,4-5,7H2,1-2H3. The Morgan fingerprint density at radius 2 is 2.31 bits per heavy atom. The molecule has 1 N–H and O–H groups in total. The van der Waals surface area contributed by atoms with Crippen LogP contribution < -0.4 is 10.2 Å². The van der Waals surface area contributed by atoms with Crippen LogP contribution in [0.5, 0.6) is 0 Å². The lowest BCUT2D eigenvalue weighted by atomic mass is 10.1. The van der Waals surface area contributed by atoms with Gasteiger partial charge in [-0.2, -0.15) is 0 Å². The molecule has 3 rings (SSSR count). The number of aromatic nitrogens is 1. The molecule has 2 aliphatic rings. The number of fused-ring (bicyclic) bond motifs is 1. The molecule has 0 radical (unpaired) electrons. The van der Waals surface area contributed by atoms with Gasteiger partial charge in [-0.05, 0) is 44.4 Å². The molecular formula is C13H19N3. The van der Waals surface area contributed by atoms with Crippen molar-refractivity contribution in [2.45, 2.75) is 31.8 Å². The van der Waals surface area contributed by atoms with E-state index in [0.717, 1.165) is 18.5 Å². The summed E-state index contributed by atoms with van der Waals surface area (Å²) in [5, 5.41) is 3.30. The highest BCUT2D eigenvalue weighted by Crippen LogP contribution is 2.49. The zero-order chi connectivity index (χ0) is 11.1. The zero-order valence-electron chi connectivity index (χ0n) is 9.98. The number of pyridine rings is 1. The van der Waals surface area contributed by atoms with Crippen molar-refractivity contribution in [2.24, 2.45) is 5.92 Å². The normalized spacial score (nSPS) is 31.6. The van der Waals surface area contributed by atoms with Crippen LogP contribution >= 0.6 is 0 Å². The van der Waals surface area contributed by atoms with E-state index in [0.29, 0.717) is 6.04 Å². The van der Waals surface area contributed by atoms with Gasteiger partial charge >= 0.3 is 0 Å². The summed E-state index contributed by atoms with van der Waals surface area (Å²) < 4.78 is 0. The summed E-state index contributed by atoms with van der Waals surface area (Å²) in [5.41, 5.74) is 2.56. The number of piperidine rings is 1. The van der Waals surface area contributed by atoms with Gasteiger partial charge in [-0.3, -0.25) is 4.98 Å². The molecule has 0 aromatic carbocycles. The molecule has 3 unspecified atom stereocenters. The van der Waals surface area contributed by atoms with E-state index in [4.69, 9.17) is 0 Å². The highest BCUT2D eigenvalue weighted by Gasteiger charge is 2.51. The minimum absolute atomic E-state index is 0.664. The Kier molecular flexibility index (Phi) is 2.36. The van der Waals surface area contributed by atoms with E-state index in [-0.39, 0.29) is 0 Å². The van der Waals surface area contributed by atoms with Gasteiger partial charge in [0, 0.05) is 24.8 Å². The Morgan fingerprint density at radius 1 is 1.44 bits per heavy atom. The van der Waals surface area contributed by atoms with Crippen molar-refractivity contribution in [3.63, 3.8) is 0 Å². The molecular weight excluding hydrogens is 198 g/mol. The Balaban J connectivity index is 1.86. The van der Waals surface area contributed by atoms with Crippen molar-refractivity contribution >= 4 is 5.69 Å². The average molecular weight is 217 g/mol. The average Bonchev–Trinajstić information content (AvgIpc) is 2.91. The summed E-state index contributed by atoms with van der Waals surface area (Å²) in [4.78, 5) is 6.90. The minimum atomic E-state index is 0.664. The quantitative estimate of drug-likeness (QED) is 0.833. The molecule has 3 heteroatoms. The topological polar surface area (TPSA) is 28.2 Å². The maximum atomic E-state index is 4.31. The second kappa shape index (κ2) is 3.74. The van der Waals surface area contributed by atoms with Gasteiger partial charge < -0.3 is 10.2 Å². The molecule has 1 aromatic heterocycles. The van der Waals surface area contributed by atoms with Crippen LogP contribution in [0, 0.1) is 12.8 Å². The molecule has 3 atom stereocenters. The number of nitrogens with one attached hydrogen (secondary N) is 1. The molecule has 2 fully saturated rings. The van der Waals surface area contributed by atoms with E-state index in [1.807, 2.05) is 19.4 Å². The third kappa shape index (κ3) is 1.59. The largest absolute Gasteiger partial charge is 0.363 e. The van der Waals surface area contributed by atoms with Crippen LogP contribution in [0.1, 0.15) is 18.4 Å². The van der Waals surface area contributed by atoms with E-state index in [2.05, 4.69) is 28.2 Å². The second-order valence-electron chi connectivity index (χ2n) is 5.14. The first-order chi connectivity index (χ1) is 7.79. The maximum Gasteiger partial charge on any atom is 0.0560 e. The molecule has 1 saturated heterocycles. The van der Waals surface area contributed by atoms with Crippen LogP contribution in [0.15, 0.2) is 18.5 Å². The first-order valence-corrected chi connectivity index (χ1v) is 6.14. The van der Waals surface area contributed by atoms with E-state index in [1.165, 1.54) is 24.1 Å². The van der Waals surface area contributed by atoms with Crippen molar-refractivity contribution < 1.29 is 0 Å². The molecule has 0 spiro atoms. The molecule has 1 saturated carbocycles. The van der Waals surface area contributed by atoms with Crippen molar-refractivity contribution in [3.8, 4) is 0 Å². The molecule has 1 aliphatic carbocycles. The summed E-state index contributed by atoms with van der Waals surface area (Å²) in [6, 6.07) is 3.72. The number of aryl methyl sites for hydroxylation is 1. The van der Waals surface area contributed by atoms with Crippen LogP contribution in [-0.4, -0.2) is 30.7 Å². The number of anilines is 1. The number of hydrogen-bond donors (Lipinski definition) is 1. The molecule has 86 valence electrons. The molecule has 0 amide bonds. The Morgan fingerprint density at radius 3 is 3.06 bits per heavy atom. The third-order valence-electron chi connectivity index (χ3n) is 3.81. The monoisotopic (exact) mass is 217 g/mol. The summed E-state index contributed by atoms with van der Waals surface area (Å²) in [7, 11) is 2.04. The number of likely N-dealkylation sites (N-methyl/N-ethyl adjacent to an activating group) is 1. The van der Waals surface area contributed by atoms with Crippen molar-refractivity contribution in [1.82, 2.24) is 10.3 Å². The summed E-state index contributed by atoms with van der Waals surface area (Å²) in [6.45, 7) is 3.20. The van der Waals surface area contributed by atoms with E-state index in [1.54, 1.807) is 0 Å². The third-order valence-corrected chi connectivity index (χ3v) is 3.81. The molecule has 2 heterocycles. The van der Waals surface area contributed by atoms with Crippen molar-refractivity contribution in [3.05, 3.63) is 24.0 Å². The van der Waals surface area contributed by atoms with Gasteiger partial charge in [0.2, 0.25) is 0 Å². The van der Waals surface area contributed by atoms with Crippen LogP contribution in [-0.2, 0) is 0 Å². The van der Waals surface area contributed by atoms with Crippen molar-refractivity contribution in [2.75, 3.05) is 18.5 Å². The predicted molar refractivity (Wildman–Crippen MR) is 65.7 cm³/mol. The molecule has 16 heavy (non-hydrogen) atoms. The summed E-state index contributed by atoms with van der Waals surface area (Å²) >= 11 is 0. The van der Waals surface area contributed by atoms with Gasteiger partial charge in [-0.15, -0.1) is 0 Å². The predicted octanol–water partition coefficient (Wildman–Crippen LogP) is 1.58. The van der Waals surface area contributed by atoms with Gasteiger partial charge in [-0.25, -0.2) is 0 Å². The highest BCUT2D eigenvalue weighted by molar-refractivity contribution is 5.52.